The molecular weight excluding hydrogens is 195 g/mol. The monoisotopic (exact) mass is 211 g/mol. The second-order valence-corrected chi connectivity index (χ2v) is 3.90. The molecule has 0 bridgehead atoms. The molecule has 3 N–H and O–H groups in total. The van der Waals surface area contributed by atoms with E-state index in [0.717, 1.165) is 6.42 Å². The molecular formula is C9H16F3NO. The number of aliphatic hydroxyl groups is 1. The summed E-state index contributed by atoms with van der Waals surface area (Å²) in [4.78, 5) is 0. The smallest absolute Gasteiger partial charge is 0.392 e. The zero-order valence-electron chi connectivity index (χ0n) is 7.93. The second-order valence-electron chi connectivity index (χ2n) is 3.90. The Balaban J connectivity index is 2.69. The van der Waals surface area contributed by atoms with E-state index < -0.39 is 24.1 Å². The van der Waals surface area contributed by atoms with Crippen molar-refractivity contribution in [2.45, 2.75) is 38.0 Å². The van der Waals surface area contributed by atoms with E-state index >= 15 is 0 Å². The van der Waals surface area contributed by atoms with Gasteiger partial charge in [-0.15, -0.1) is 0 Å². The topological polar surface area (TPSA) is 46.2 Å². The van der Waals surface area contributed by atoms with Gasteiger partial charge in [0.1, 0.15) is 0 Å². The van der Waals surface area contributed by atoms with Gasteiger partial charge in [-0.2, -0.15) is 13.2 Å². The Labute approximate surface area is 81.3 Å². The van der Waals surface area contributed by atoms with Gasteiger partial charge in [0.2, 0.25) is 0 Å². The van der Waals surface area contributed by atoms with E-state index in [1.165, 1.54) is 0 Å². The van der Waals surface area contributed by atoms with Crippen LogP contribution in [-0.4, -0.2) is 23.9 Å². The molecule has 0 saturated heterocycles. The van der Waals surface area contributed by atoms with E-state index in [1.807, 2.05) is 0 Å². The predicted molar refractivity (Wildman–Crippen MR) is 46.6 cm³/mol. The summed E-state index contributed by atoms with van der Waals surface area (Å²) in [6, 6.07) is 0. The molecule has 0 amide bonds. The van der Waals surface area contributed by atoms with Crippen molar-refractivity contribution in [3.8, 4) is 0 Å². The van der Waals surface area contributed by atoms with Gasteiger partial charge in [0.25, 0.3) is 0 Å². The first kappa shape index (κ1) is 11.8. The number of aliphatic hydroxyl groups excluding tert-OH is 1. The Morgan fingerprint density at radius 3 is 2.36 bits per heavy atom. The fourth-order valence-electron chi connectivity index (χ4n) is 2.20. The lowest BCUT2D eigenvalue weighted by Crippen LogP contribution is -2.42. The number of alkyl halides is 3. The lowest BCUT2D eigenvalue weighted by atomic mass is 9.76. The summed E-state index contributed by atoms with van der Waals surface area (Å²) >= 11 is 0. The van der Waals surface area contributed by atoms with Crippen LogP contribution in [0.25, 0.3) is 0 Å². The largest absolute Gasteiger partial charge is 0.392 e. The van der Waals surface area contributed by atoms with Crippen molar-refractivity contribution in [2.75, 3.05) is 6.54 Å². The molecule has 0 aromatic carbocycles. The van der Waals surface area contributed by atoms with Gasteiger partial charge >= 0.3 is 6.18 Å². The Hall–Kier alpha value is -0.290. The maximum Gasteiger partial charge on any atom is 0.392 e. The van der Waals surface area contributed by atoms with Crippen LogP contribution >= 0.6 is 0 Å². The second kappa shape index (κ2) is 4.49. The highest BCUT2D eigenvalue weighted by Gasteiger charge is 2.47. The normalized spacial score (nSPS) is 31.5. The minimum atomic E-state index is -4.19. The lowest BCUT2D eigenvalue weighted by Gasteiger charge is -2.35. The number of nitrogens with two attached hydrogens (primary N) is 1. The molecule has 0 aromatic heterocycles. The van der Waals surface area contributed by atoms with E-state index in [2.05, 4.69) is 0 Å². The van der Waals surface area contributed by atoms with E-state index in [9.17, 15) is 18.3 Å². The van der Waals surface area contributed by atoms with Crippen molar-refractivity contribution in [3.05, 3.63) is 0 Å². The Morgan fingerprint density at radius 1 is 1.29 bits per heavy atom. The van der Waals surface area contributed by atoms with Crippen LogP contribution in [0.15, 0.2) is 0 Å². The van der Waals surface area contributed by atoms with Crippen LogP contribution in [0.5, 0.6) is 0 Å². The average molecular weight is 211 g/mol. The minimum absolute atomic E-state index is 0.0861. The van der Waals surface area contributed by atoms with Gasteiger partial charge in [-0.05, 0) is 18.8 Å². The van der Waals surface area contributed by atoms with Crippen LogP contribution in [0.2, 0.25) is 0 Å². The van der Waals surface area contributed by atoms with Gasteiger partial charge in [-0.1, -0.05) is 12.8 Å². The zero-order valence-corrected chi connectivity index (χ0v) is 7.93. The van der Waals surface area contributed by atoms with Crippen LogP contribution in [0.4, 0.5) is 13.2 Å². The summed E-state index contributed by atoms with van der Waals surface area (Å²) in [6.07, 6.45) is -3.29. The van der Waals surface area contributed by atoms with Crippen molar-refractivity contribution in [3.63, 3.8) is 0 Å². The van der Waals surface area contributed by atoms with Gasteiger partial charge in [-0.25, -0.2) is 0 Å². The average Bonchev–Trinajstić information content (AvgIpc) is 2.15. The molecule has 0 aliphatic heterocycles. The quantitative estimate of drug-likeness (QED) is 0.729. The van der Waals surface area contributed by atoms with Crippen LogP contribution < -0.4 is 5.73 Å². The summed E-state index contributed by atoms with van der Waals surface area (Å²) in [5.74, 6) is -2.07. The lowest BCUT2D eigenvalue weighted by molar-refractivity contribution is -0.206. The first-order valence-corrected chi connectivity index (χ1v) is 4.91. The van der Waals surface area contributed by atoms with Gasteiger partial charge in [0, 0.05) is 6.54 Å². The molecule has 0 radical (unpaired) electrons. The molecule has 84 valence electrons. The molecule has 0 heterocycles. The Morgan fingerprint density at radius 2 is 1.86 bits per heavy atom. The molecule has 0 spiro atoms. The molecule has 1 rings (SSSR count). The van der Waals surface area contributed by atoms with Crippen molar-refractivity contribution in [2.24, 2.45) is 17.6 Å². The highest BCUT2D eigenvalue weighted by Crippen LogP contribution is 2.42. The van der Waals surface area contributed by atoms with Gasteiger partial charge < -0.3 is 10.8 Å². The van der Waals surface area contributed by atoms with Crippen LogP contribution in [-0.2, 0) is 0 Å². The van der Waals surface area contributed by atoms with E-state index in [4.69, 9.17) is 5.73 Å². The molecule has 0 aromatic rings. The number of rotatable bonds is 2. The third-order valence-corrected chi connectivity index (χ3v) is 2.98. The van der Waals surface area contributed by atoms with E-state index in [-0.39, 0.29) is 13.0 Å². The maximum atomic E-state index is 12.5. The molecule has 1 saturated carbocycles. The molecule has 14 heavy (non-hydrogen) atoms. The predicted octanol–water partition coefficient (Wildman–Crippen LogP) is 1.67. The number of hydrogen-bond acceptors (Lipinski definition) is 2. The van der Waals surface area contributed by atoms with Gasteiger partial charge in [-0.3, -0.25) is 0 Å². The Bertz CT molecular complexity index is 183. The number of hydrogen-bond donors (Lipinski definition) is 2. The zero-order chi connectivity index (χ0) is 10.8. The van der Waals surface area contributed by atoms with E-state index in [1.54, 1.807) is 0 Å². The van der Waals surface area contributed by atoms with Gasteiger partial charge in [0.05, 0.1) is 12.0 Å². The SMILES string of the molecule is NCC(O)C1CCCCC1C(F)(F)F. The summed E-state index contributed by atoms with van der Waals surface area (Å²) in [7, 11) is 0. The molecule has 1 fully saturated rings. The molecule has 5 heteroatoms. The van der Waals surface area contributed by atoms with Crippen LogP contribution in [0.1, 0.15) is 25.7 Å². The highest BCUT2D eigenvalue weighted by atomic mass is 19.4. The molecule has 1 aliphatic carbocycles. The summed E-state index contributed by atoms with van der Waals surface area (Å²) in [5.41, 5.74) is 5.19. The standard InChI is InChI=1S/C9H16F3NO/c10-9(11,12)7-4-2-1-3-6(7)8(14)5-13/h6-8,14H,1-5,13H2. The van der Waals surface area contributed by atoms with Crippen molar-refractivity contribution in [1.82, 2.24) is 0 Å². The Kier molecular flexibility index (Phi) is 3.78. The first-order valence-electron chi connectivity index (χ1n) is 4.91. The first-order chi connectivity index (χ1) is 6.46. The fraction of sp³-hybridized carbons (Fsp3) is 1.00. The maximum absolute atomic E-state index is 12.5. The van der Waals surface area contributed by atoms with Gasteiger partial charge in [0.15, 0.2) is 0 Å². The molecule has 2 nitrogen and oxygen atoms in total. The summed E-state index contributed by atoms with van der Waals surface area (Å²) < 4.78 is 37.6. The summed E-state index contributed by atoms with van der Waals surface area (Å²) in [6.45, 7) is -0.0861. The van der Waals surface area contributed by atoms with Crippen LogP contribution in [0.3, 0.4) is 0 Å². The molecule has 3 unspecified atom stereocenters. The summed E-state index contributed by atoms with van der Waals surface area (Å²) in [5, 5.41) is 9.39. The van der Waals surface area contributed by atoms with Crippen molar-refractivity contribution >= 4 is 0 Å². The molecule has 1 aliphatic rings. The highest BCUT2D eigenvalue weighted by molar-refractivity contribution is 4.85. The minimum Gasteiger partial charge on any atom is -0.392 e. The van der Waals surface area contributed by atoms with E-state index in [0.29, 0.717) is 12.8 Å². The number of halogens is 3. The van der Waals surface area contributed by atoms with Crippen LogP contribution in [0, 0.1) is 11.8 Å². The molecule has 3 atom stereocenters. The third kappa shape index (κ3) is 2.60. The van der Waals surface area contributed by atoms with Crippen molar-refractivity contribution in [1.29, 1.82) is 0 Å². The van der Waals surface area contributed by atoms with Crippen molar-refractivity contribution < 1.29 is 18.3 Å². The third-order valence-electron chi connectivity index (χ3n) is 2.98. The fourth-order valence-corrected chi connectivity index (χ4v) is 2.20.